The number of anilines is 1. The highest BCUT2D eigenvalue weighted by atomic mass is 35.5. The van der Waals surface area contributed by atoms with Crippen LogP contribution in [0.25, 0.3) is 0 Å². The van der Waals surface area contributed by atoms with Gasteiger partial charge in [0.2, 0.25) is 0 Å². The van der Waals surface area contributed by atoms with Gasteiger partial charge < -0.3 is 10.1 Å². The first kappa shape index (κ1) is 17.3. The number of amides is 1. The van der Waals surface area contributed by atoms with Gasteiger partial charge in [-0.2, -0.15) is 0 Å². The van der Waals surface area contributed by atoms with Gasteiger partial charge in [-0.05, 0) is 49.7 Å². The summed E-state index contributed by atoms with van der Waals surface area (Å²) >= 11 is 11.7. The Kier molecular flexibility index (Phi) is 5.64. The minimum atomic E-state index is -0.947. The second kappa shape index (κ2) is 7.49. The Balaban J connectivity index is 2.00. The normalized spacial score (nSPS) is 11.7. The van der Waals surface area contributed by atoms with Crippen LogP contribution in [0.5, 0.6) is 0 Å². The van der Waals surface area contributed by atoms with E-state index in [1.165, 1.54) is 25.1 Å². The predicted molar refractivity (Wildman–Crippen MR) is 91.1 cm³/mol. The van der Waals surface area contributed by atoms with Gasteiger partial charge in [0.1, 0.15) is 0 Å². The molecule has 1 unspecified atom stereocenters. The van der Waals surface area contributed by atoms with Crippen molar-refractivity contribution in [2.24, 2.45) is 0 Å². The van der Waals surface area contributed by atoms with Gasteiger partial charge in [0, 0.05) is 5.69 Å². The third-order valence-electron chi connectivity index (χ3n) is 3.09. The number of benzene rings is 2. The van der Waals surface area contributed by atoms with Crippen LogP contribution in [-0.2, 0) is 9.53 Å². The molecule has 0 saturated carbocycles. The molecule has 23 heavy (non-hydrogen) atoms. The first-order valence-corrected chi connectivity index (χ1v) is 7.66. The molecule has 0 bridgehead atoms. The van der Waals surface area contributed by atoms with Crippen LogP contribution in [0.1, 0.15) is 22.8 Å². The second-order valence-corrected chi connectivity index (χ2v) is 5.85. The Bertz CT molecular complexity index is 746. The summed E-state index contributed by atoms with van der Waals surface area (Å²) in [5, 5.41) is 3.29. The molecule has 0 spiro atoms. The van der Waals surface area contributed by atoms with Gasteiger partial charge in [0.05, 0.1) is 15.6 Å². The molecule has 0 aliphatic rings. The molecule has 1 atom stereocenters. The molecule has 1 amide bonds. The van der Waals surface area contributed by atoms with Crippen molar-refractivity contribution in [3.63, 3.8) is 0 Å². The van der Waals surface area contributed by atoms with Crippen LogP contribution >= 0.6 is 23.2 Å². The molecular weight excluding hydrogens is 337 g/mol. The number of nitrogens with one attached hydrogen (secondary N) is 1. The van der Waals surface area contributed by atoms with Crippen molar-refractivity contribution in [2.45, 2.75) is 20.0 Å². The lowest BCUT2D eigenvalue weighted by Gasteiger charge is -2.14. The summed E-state index contributed by atoms with van der Waals surface area (Å²) in [4.78, 5) is 24.1. The lowest BCUT2D eigenvalue weighted by molar-refractivity contribution is -0.123. The summed E-state index contributed by atoms with van der Waals surface area (Å²) in [5.74, 6) is -1.06. The van der Waals surface area contributed by atoms with E-state index in [4.69, 9.17) is 27.9 Å². The highest BCUT2D eigenvalue weighted by Gasteiger charge is 2.19. The number of hydrogen-bond acceptors (Lipinski definition) is 3. The van der Waals surface area contributed by atoms with E-state index in [-0.39, 0.29) is 10.6 Å². The largest absolute Gasteiger partial charge is 0.449 e. The summed E-state index contributed by atoms with van der Waals surface area (Å²) in [7, 11) is 0. The molecule has 4 nitrogen and oxygen atoms in total. The van der Waals surface area contributed by atoms with Crippen molar-refractivity contribution in [1.82, 2.24) is 0 Å². The molecule has 0 aromatic heterocycles. The summed E-state index contributed by atoms with van der Waals surface area (Å²) in [6.45, 7) is 3.42. The number of hydrogen-bond donors (Lipinski definition) is 1. The highest BCUT2D eigenvalue weighted by molar-refractivity contribution is 6.42. The Labute approximate surface area is 144 Å². The van der Waals surface area contributed by atoms with Crippen molar-refractivity contribution in [1.29, 1.82) is 0 Å². The summed E-state index contributed by atoms with van der Waals surface area (Å²) < 4.78 is 5.14. The molecule has 0 heterocycles. The number of carbonyl (C=O) groups excluding carboxylic acids is 2. The number of halogens is 2. The molecule has 2 aromatic carbocycles. The van der Waals surface area contributed by atoms with E-state index < -0.39 is 18.0 Å². The van der Waals surface area contributed by atoms with Crippen molar-refractivity contribution in [3.05, 3.63) is 63.6 Å². The maximum atomic E-state index is 12.1. The number of ether oxygens (including phenoxy) is 1. The molecule has 2 aromatic rings. The fourth-order valence-electron chi connectivity index (χ4n) is 1.87. The Morgan fingerprint density at radius 3 is 2.48 bits per heavy atom. The van der Waals surface area contributed by atoms with Crippen molar-refractivity contribution >= 4 is 40.8 Å². The minimum absolute atomic E-state index is 0.231. The Hall–Kier alpha value is -2.04. The fraction of sp³-hybridized carbons (Fsp3) is 0.176. The SMILES string of the molecule is Cc1cccc(NC(=O)C(C)OC(=O)c2ccc(Cl)c(Cl)c2)c1. The maximum absolute atomic E-state index is 12.1. The summed E-state index contributed by atoms with van der Waals surface area (Å²) in [6.07, 6.45) is -0.947. The van der Waals surface area contributed by atoms with Crippen LogP contribution in [0.15, 0.2) is 42.5 Å². The molecule has 2 rings (SSSR count). The van der Waals surface area contributed by atoms with E-state index in [1.54, 1.807) is 6.07 Å². The molecule has 0 aliphatic heterocycles. The second-order valence-electron chi connectivity index (χ2n) is 5.04. The maximum Gasteiger partial charge on any atom is 0.338 e. The van der Waals surface area contributed by atoms with Crippen LogP contribution in [0.4, 0.5) is 5.69 Å². The van der Waals surface area contributed by atoms with E-state index in [9.17, 15) is 9.59 Å². The smallest absolute Gasteiger partial charge is 0.338 e. The van der Waals surface area contributed by atoms with Crippen molar-refractivity contribution in [2.75, 3.05) is 5.32 Å². The van der Waals surface area contributed by atoms with Crippen molar-refractivity contribution in [3.8, 4) is 0 Å². The molecular formula is C17H15Cl2NO3. The molecule has 0 saturated heterocycles. The summed E-state index contributed by atoms with van der Waals surface area (Å²) in [6, 6.07) is 11.7. The van der Waals surface area contributed by atoms with Crippen LogP contribution in [0.3, 0.4) is 0 Å². The standard InChI is InChI=1S/C17H15Cl2NO3/c1-10-4-3-5-13(8-10)20-16(21)11(2)23-17(22)12-6-7-14(18)15(19)9-12/h3-9,11H,1-2H3,(H,20,21). The third kappa shape index (κ3) is 4.71. The fourth-order valence-corrected chi connectivity index (χ4v) is 2.17. The average molecular weight is 352 g/mol. The van der Waals surface area contributed by atoms with E-state index in [0.717, 1.165) is 5.56 Å². The average Bonchev–Trinajstić information content (AvgIpc) is 2.49. The van der Waals surface area contributed by atoms with Crippen LogP contribution in [-0.4, -0.2) is 18.0 Å². The monoisotopic (exact) mass is 351 g/mol. The first-order valence-electron chi connectivity index (χ1n) is 6.90. The lowest BCUT2D eigenvalue weighted by Crippen LogP contribution is -2.30. The van der Waals surface area contributed by atoms with Gasteiger partial charge in [-0.15, -0.1) is 0 Å². The van der Waals surface area contributed by atoms with Crippen molar-refractivity contribution < 1.29 is 14.3 Å². The highest BCUT2D eigenvalue weighted by Crippen LogP contribution is 2.23. The number of carbonyl (C=O) groups is 2. The van der Waals surface area contributed by atoms with Gasteiger partial charge in [-0.1, -0.05) is 35.3 Å². The zero-order valence-corrected chi connectivity index (χ0v) is 14.1. The van der Waals surface area contributed by atoms with E-state index >= 15 is 0 Å². The van der Waals surface area contributed by atoms with Gasteiger partial charge >= 0.3 is 5.97 Å². The number of aryl methyl sites for hydroxylation is 1. The zero-order valence-electron chi connectivity index (χ0n) is 12.6. The van der Waals surface area contributed by atoms with Gasteiger partial charge in [-0.3, -0.25) is 4.79 Å². The zero-order chi connectivity index (χ0) is 17.0. The van der Waals surface area contributed by atoms with Gasteiger partial charge in [0.15, 0.2) is 6.10 Å². The molecule has 0 radical (unpaired) electrons. The van der Waals surface area contributed by atoms with E-state index in [0.29, 0.717) is 10.7 Å². The molecule has 0 aliphatic carbocycles. The minimum Gasteiger partial charge on any atom is -0.449 e. The third-order valence-corrected chi connectivity index (χ3v) is 3.83. The van der Waals surface area contributed by atoms with Gasteiger partial charge in [0.25, 0.3) is 5.91 Å². The quantitative estimate of drug-likeness (QED) is 0.825. The van der Waals surface area contributed by atoms with Crippen LogP contribution < -0.4 is 5.32 Å². The van der Waals surface area contributed by atoms with E-state index in [2.05, 4.69) is 5.32 Å². The van der Waals surface area contributed by atoms with Crippen LogP contribution in [0.2, 0.25) is 10.0 Å². The summed E-state index contributed by atoms with van der Waals surface area (Å²) in [5.41, 5.74) is 1.89. The molecule has 120 valence electrons. The van der Waals surface area contributed by atoms with Crippen LogP contribution in [0, 0.1) is 6.92 Å². The Morgan fingerprint density at radius 1 is 1.09 bits per heavy atom. The first-order chi connectivity index (χ1) is 10.9. The predicted octanol–water partition coefficient (Wildman–Crippen LogP) is 4.49. The Morgan fingerprint density at radius 2 is 1.83 bits per heavy atom. The van der Waals surface area contributed by atoms with Gasteiger partial charge in [-0.25, -0.2) is 4.79 Å². The molecule has 1 N–H and O–H groups in total. The number of rotatable bonds is 4. The van der Waals surface area contributed by atoms with E-state index in [1.807, 2.05) is 25.1 Å². The number of esters is 1. The molecule has 6 heteroatoms. The lowest BCUT2D eigenvalue weighted by atomic mass is 10.2. The topological polar surface area (TPSA) is 55.4 Å². The molecule has 0 fully saturated rings.